The molecule has 2 rings (SSSR count). The molecule has 0 aliphatic rings. The number of nitrogen functional groups attached to an aromatic ring is 1. The van der Waals surface area contributed by atoms with Gasteiger partial charge in [-0.2, -0.15) is 0 Å². The number of pyridine rings is 1. The first kappa shape index (κ1) is 14.7. The van der Waals surface area contributed by atoms with E-state index in [1.807, 2.05) is 5.43 Å². The van der Waals surface area contributed by atoms with E-state index in [0.29, 0.717) is 12.2 Å². The van der Waals surface area contributed by atoms with E-state index in [4.69, 9.17) is 5.84 Å². The van der Waals surface area contributed by atoms with Crippen molar-refractivity contribution in [2.45, 2.75) is 20.0 Å². The first-order valence-electron chi connectivity index (χ1n) is 6.34. The van der Waals surface area contributed by atoms with E-state index in [-0.39, 0.29) is 12.2 Å². The Kier molecular flexibility index (Phi) is 4.29. The van der Waals surface area contributed by atoms with Crippen LogP contribution in [-0.4, -0.2) is 20.0 Å². The van der Waals surface area contributed by atoms with Gasteiger partial charge in [-0.05, 0) is 19.1 Å². The number of nitrogens with one attached hydrogen (secondary N) is 1. The average molecular weight is 289 g/mol. The number of rotatable bonds is 4. The van der Waals surface area contributed by atoms with E-state index >= 15 is 0 Å². The molecule has 1 amide bonds. The zero-order valence-electron chi connectivity index (χ0n) is 11.4. The molecule has 0 aromatic carbocycles. The van der Waals surface area contributed by atoms with Gasteiger partial charge in [0.25, 0.3) is 11.5 Å². The van der Waals surface area contributed by atoms with Crippen LogP contribution < -0.4 is 22.5 Å². The summed E-state index contributed by atoms with van der Waals surface area (Å²) in [6.45, 7) is 2.26. The highest BCUT2D eigenvalue weighted by atomic mass is 16.2. The molecule has 8 nitrogen and oxygen atoms in total. The Labute approximate surface area is 119 Å². The molecule has 2 aromatic heterocycles. The van der Waals surface area contributed by atoms with Crippen molar-refractivity contribution < 1.29 is 4.79 Å². The molecular weight excluding hydrogens is 274 g/mol. The summed E-state index contributed by atoms with van der Waals surface area (Å²) in [5.41, 5.74) is 1.69. The number of aryl methyl sites for hydroxylation is 1. The van der Waals surface area contributed by atoms with E-state index in [1.165, 1.54) is 22.9 Å². The van der Waals surface area contributed by atoms with Crippen molar-refractivity contribution in [3.8, 4) is 0 Å². The van der Waals surface area contributed by atoms with Crippen LogP contribution in [0.4, 0.5) is 0 Å². The molecule has 21 heavy (non-hydrogen) atoms. The van der Waals surface area contributed by atoms with Crippen LogP contribution in [0.15, 0.2) is 40.1 Å². The number of hydrogen-bond donors (Lipinski definition) is 2. The van der Waals surface area contributed by atoms with Crippen molar-refractivity contribution in [1.29, 1.82) is 0 Å². The van der Waals surface area contributed by atoms with Crippen LogP contribution >= 0.6 is 0 Å². The van der Waals surface area contributed by atoms with Gasteiger partial charge in [0.05, 0.1) is 12.2 Å². The van der Waals surface area contributed by atoms with Crippen LogP contribution in [0.5, 0.6) is 0 Å². The minimum atomic E-state index is -0.539. The van der Waals surface area contributed by atoms with Crippen LogP contribution in [0.2, 0.25) is 0 Å². The lowest BCUT2D eigenvalue weighted by Crippen LogP contribution is -2.39. The minimum absolute atomic E-state index is 0.00972. The summed E-state index contributed by atoms with van der Waals surface area (Å²) in [5, 5.41) is 0. The molecule has 2 aromatic rings. The van der Waals surface area contributed by atoms with Gasteiger partial charge in [0, 0.05) is 18.8 Å². The van der Waals surface area contributed by atoms with E-state index in [9.17, 15) is 14.4 Å². The fraction of sp³-hybridized carbons (Fsp3) is 0.231. The lowest BCUT2D eigenvalue weighted by molar-refractivity contribution is 0.0948. The second-order valence-corrected chi connectivity index (χ2v) is 4.30. The summed E-state index contributed by atoms with van der Waals surface area (Å²) in [5.74, 6) is 4.51. The molecule has 0 aliphatic carbocycles. The van der Waals surface area contributed by atoms with Gasteiger partial charge >= 0.3 is 5.69 Å². The quantitative estimate of drug-likeness (QED) is 0.429. The van der Waals surface area contributed by atoms with Gasteiger partial charge in [-0.3, -0.25) is 19.6 Å². The maximum atomic E-state index is 12.1. The third-order valence-electron chi connectivity index (χ3n) is 2.97. The second kappa shape index (κ2) is 6.14. The summed E-state index contributed by atoms with van der Waals surface area (Å²) in [4.78, 5) is 39.4. The van der Waals surface area contributed by atoms with Crippen molar-refractivity contribution in [2.24, 2.45) is 5.84 Å². The zero-order valence-corrected chi connectivity index (χ0v) is 11.4. The van der Waals surface area contributed by atoms with E-state index in [2.05, 4.69) is 4.98 Å². The average Bonchev–Trinajstić information content (AvgIpc) is 2.51. The standard InChI is InChI=1S/C13H15N5O3/c1-2-17-7-6-11(19)18(13(17)21)8-9-4-3-5-10(15-9)12(20)16-14/h3-7H,2,8,14H2,1H3,(H,16,20). The molecule has 0 saturated heterocycles. The fourth-order valence-corrected chi connectivity index (χ4v) is 1.87. The summed E-state index contributed by atoms with van der Waals surface area (Å²) in [6, 6.07) is 6.05. The zero-order chi connectivity index (χ0) is 15.4. The molecule has 2 heterocycles. The largest absolute Gasteiger partial charge is 0.331 e. The van der Waals surface area contributed by atoms with Crippen LogP contribution in [-0.2, 0) is 13.1 Å². The normalized spacial score (nSPS) is 10.4. The summed E-state index contributed by atoms with van der Waals surface area (Å²) >= 11 is 0. The van der Waals surface area contributed by atoms with Gasteiger partial charge in [-0.15, -0.1) is 0 Å². The first-order valence-corrected chi connectivity index (χ1v) is 6.34. The van der Waals surface area contributed by atoms with Crippen LogP contribution in [0.25, 0.3) is 0 Å². The smallest absolute Gasteiger partial charge is 0.301 e. The number of carbonyl (C=O) groups is 1. The van der Waals surface area contributed by atoms with Crippen molar-refractivity contribution in [3.05, 3.63) is 62.7 Å². The number of nitrogens with zero attached hydrogens (tertiary/aromatic N) is 3. The Balaban J connectivity index is 2.41. The first-order chi connectivity index (χ1) is 10.1. The SMILES string of the molecule is CCn1ccc(=O)n(Cc2cccc(C(=O)NN)n2)c1=O. The van der Waals surface area contributed by atoms with Crippen molar-refractivity contribution in [2.75, 3.05) is 0 Å². The Morgan fingerprint density at radius 3 is 2.76 bits per heavy atom. The highest BCUT2D eigenvalue weighted by Gasteiger charge is 2.09. The highest BCUT2D eigenvalue weighted by Crippen LogP contribution is 2.00. The summed E-state index contributed by atoms with van der Waals surface area (Å²) < 4.78 is 2.48. The Morgan fingerprint density at radius 1 is 1.33 bits per heavy atom. The Morgan fingerprint density at radius 2 is 2.10 bits per heavy atom. The fourth-order valence-electron chi connectivity index (χ4n) is 1.87. The van der Waals surface area contributed by atoms with Crippen molar-refractivity contribution in [1.82, 2.24) is 19.5 Å². The third kappa shape index (κ3) is 3.06. The van der Waals surface area contributed by atoms with Crippen molar-refractivity contribution in [3.63, 3.8) is 0 Å². The maximum Gasteiger partial charge on any atom is 0.331 e. The van der Waals surface area contributed by atoms with Crippen LogP contribution in [0, 0.1) is 0 Å². The topological polar surface area (TPSA) is 112 Å². The maximum absolute atomic E-state index is 12.1. The molecule has 0 aliphatic heterocycles. The minimum Gasteiger partial charge on any atom is -0.301 e. The number of aromatic nitrogens is 3. The number of nitrogens with two attached hydrogens (primary N) is 1. The lowest BCUT2D eigenvalue weighted by Gasteiger charge is -2.08. The molecule has 0 saturated carbocycles. The second-order valence-electron chi connectivity index (χ2n) is 4.30. The molecule has 0 unspecified atom stereocenters. The number of carbonyl (C=O) groups excluding carboxylic acids is 1. The van der Waals surface area contributed by atoms with Crippen LogP contribution in [0.1, 0.15) is 23.1 Å². The van der Waals surface area contributed by atoms with Crippen LogP contribution in [0.3, 0.4) is 0 Å². The van der Waals surface area contributed by atoms with Gasteiger partial charge in [0.1, 0.15) is 5.69 Å². The lowest BCUT2D eigenvalue weighted by atomic mass is 10.3. The molecule has 0 fully saturated rings. The molecule has 8 heteroatoms. The predicted octanol–water partition coefficient (Wildman–Crippen LogP) is -0.923. The van der Waals surface area contributed by atoms with E-state index < -0.39 is 17.2 Å². The third-order valence-corrected chi connectivity index (χ3v) is 2.97. The molecule has 0 bridgehead atoms. The summed E-state index contributed by atoms with van der Waals surface area (Å²) in [6.07, 6.45) is 1.45. The predicted molar refractivity (Wildman–Crippen MR) is 75.6 cm³/mol. The van der Waals surface area contributed by atoms with E-state index in [1.54, 1.807) is 19.1 Å². The van der Waals surface area contributed by atoms with Gasteiger partial charge in [0.2, 0.25) is 0 Å². The van der Waals surface area contributed by atoms with Gasteiger partial charge in [-0.1, -0.05) is 6.07 Å². The van der Waals surface area contributed by atoms with E-state index in [0.717, 1.165) is 4.57 Å². The van der Waals surface area contributed by atoms with Crippen molar-refractivity contribution >= 4 is 5.91 Å². The monoisotopic (exact) mass is 289 g/mol. The van der Waals surface area contributed by atoms with Gasteiger partial charge < -0.3 is 4.57 Å². The highest BCUT2D eigenvalue weighted by molar-refractivity contribution is 5.91. The molecule has 3 N–H and O–H groups in total. The molecular formula is C13H15N5O3. The Hall–Kier alpha value is -2.74. The van der Waals surface area contributed by atoms with Gasteiger partial charge in [0.15, 0.2) is 0 Å². The molecule has 0 atom stereocenters. The molecule has 110 valence electrons. The number of hydrogen-bond acceptors (Lipinski definition) is 5. The van der Waals surface area contributed by atoms with Gasteiger partial charge in [-0.25, -0.2) is 15.6 Å². The molecule has 0 spiro atoms. The summed E-state index contributed by atoms with van der Waals surface area (Å²) in [7, 11) is 0. The molecule has 0 radical (unpaired) electrons. The number of amides is 1. The number of hydrazine groups is 1. The Bertz CT molecular complexity index is 778.